The molecule has 0 amide bonds. The first-order valence-electron chi connectivity index (χ1n) is 10.7. The van der Waals surface area contributed by atoms with Crippen LogP contribution in [0.2, 0.25) is 0 Å². The summed E-state index contributed by atoms with van der Waals surface area (Å²) in [7, 11) is -7.12. The van der Waals surface area contributed by atoms with E-state index in [-0.39, 0.29) is 10.8 Å². The topological polar surface area (TPSA) is 63.2 Å². The first kappa shape index (κ1) is 22.0. The Balaban J connectivity index is 1.82. The third kappa shape index (κ3) is 4.55. The highest BCUT2D eigenvalue weighted by Crippen LogP contribution is 2.44. The number of benzene rings is 3. The molecular weight excluding hydrogens is 425 g/mol. The van der Waals surface area contributed by atoms with Crippen LogP contribution in [0.25, 0.3) is 0 Å². The summed E-state index contributed by atoms with van der Waals surface area (Å²) >= 11 is 0. The summed E-state index contributed by atoms with van der Waals surface area (Å²) in [6.07, 6.45) is 3.61. The minimum absolute atomic E-state index is 0.0768. The molecule has 4 rings (SSSR count). The average Bonchev–Trinajstić information content (AvgIpc) is 3.33. The Hall–Kier alpha value is -2.20. The number of hydrogen-bond acceptors (Lipinski definition) is 3. The fourth-order valence-electron chi connectivity index (χ4n) is 4.32. The Morgan fingerprint density at radius 3 is 1.77 bits per heavy atom. The molecule has 1 fully saturated rings. The molecule has 0 spiro atoms. The van der Waals surface area contributed by atoms with Gasteiger partial charge in [0.25, 0.3) is 0 Å². The van der Waals surface area contributed by atoms with E-state index in [0.29, 0.717) is 10.6 Å². The standard InChI is InChI=1S/C25H28NO3PS/c1-20-16-18-24(19-17-20)31(28,29)25(21-10-8-9-11-21)26-30(27,22-12-4-2-5-13-22)23-14-6-3-7-15-23/h2-7,12-19,21,25H,8-11H2,1H3,(H,26,27). The zero-order valence-electron chi connectivity index (χ0n) is 17.6. The second kappa shape index (κ2) is 9.12. The van der Waals surface area contributed by atoms with E-state index in [1.54, 1.807) is 12.1 Å². The maximum atomic E-state index is 14.5. The van der Waals surface area contributed by atoms with Gasteiger partial charge in [0.1, 0.15) is 5.37 Å². The molecule has 3 aromatic rings. The van der Waals surface area contributed by atoms with Crippen LogP contribution in [0.3, 0.4) is 0 Å². The van der Waals surface area contributed by atoms with Crippen LogP contribution in [0.15, 0.2) is 89.8 Å². The average molecular weight is 454 g/mol. The van der Waals surface area contributed by atoms with E-state index < -0.39 is 22.5 Å². The number of nitrogens with one attached hydrogen (secondary N) is 1. The molecule has 4 nitrogen and oxygen atoms in total. The summed E-state index contributed by atoms with van der Waals surface area (Å²) in [6.45, 7) is 1.93. The van der Waals surface area contributed by atoms with Crippen molar-refractivity contribution in [1.82, 2.24) is 5.09 Å². The van der Waals surface area contributed by atoms with E-state index in [1.165, 1.54) is 0 Å². The van der Waals surface area contributed by atoms with Crippen molar-refractivity contribution in [3.8, 4) is 0 Å². The predicted molar refractivity (Wildman–Crippen MR) is 127 cm³/mol. The molecule has 0 aromatic heterocycles. The molecule has 31 heavy (non-hydrogen) atoms. The van der Waals surface area contributed by atoms with Gasteiger partial charge in [-0.3, -0.25) is 4.57 Å². The molecule has 1 saturated carbocycles. The molecule has 3 aromatic carbocycles. The molecule has 1 aliphatic rings. The van der Waals surface area contributed by atoms with Crippen molar-refractivity contribution in [2.75, 3.05) is 0 Å². The van der Waals surface area contributed by atoms with Gasteiger partial charge in [0.2, 0.25) is 7.29 Å². The molecule has 1 N–H and O–H groups in total. The molecule has 1 unspecified atom stereocenters. The van der Waals surface area contributed by atoms with Gasteiger partial charge in [0.15, 0.2) is 9.84 Å². The highest BCUT2D eigenvalue weighted by atomic mass is 32.2. The van der Waals surface area contributed by atoms with Crippen LogP contribution in [-0.4, -0.2) is 13.8 Å². The maximum absolute atomic E-state index is 14.5. The first-order valence-corrected chi connectivity index (χ1v) is 14.0. The Labute approximate surface area is 185 Å². The van der Waals surface area contributed by atoms with E-state index >= 15 is 0 Å². The number of sulfone groups is 1. The fraction of sp³-hybridized carbons (Fsp3) is 0.280. The van der Waals surface area contributed by atoms with Gasteiger partial charge >= 0.3 is 0 Å². The maximum Gasteiger partial charge on any atom is 0.205 e. The Morgan fingerprint density at radius 1 is 0.806 bits per heavy atom. The molecule has 162 valence electrons. The summed E-state index contributed by atoms with van der Waals surface area (Å²) in [5.41, 5.74) is 1.00. The summed E-state index contributed by atoms with van der Waals surface area (Å²) < 4.78 is 42.1. The Bertz CT molecular complexity index is 1110. The van der Waals surface area contributed by atoms with Gasteiger partial charge in [-0.1, -0.05) is 66.9 Å². The number of aryl methyl sites for hydroxylation is 1. The lowest BCUT2D eigenvalue weighted by molar-refractivity contribution is 0.464. The van der Waals surface area contributed by atoms with Crippen molar-refractivity contribution in [1.29, 1.82) is 0 Å². The highest BCUT2D eigenvalue weighted by Gasteiger charge is 2.41. The van der Waals surface area contributed by atoms with Crippen molar-refractivity contribution in [3.05, 3.63) is 90.5 Å². The van der Waals surface area contributed by atoms with Crippen LogP contribution in [0.1, 0.15) is 31.2 Å². The summed E-state index contributed by atoms with van der Waals surface area (Å²) in [6, 6.07) is 25.3. The summed E-state index contributed by atoms with van der Waals surface area (Å²) in [5, 5.41) is 3.54. The Morgan fingerprint density at radius 2 is 1.29 bits per heavy atom. The lowest BCUT2D eigenvalue weighted by Gasteiger charge is -2.30. The van der Waals surface area contributed by atoms with Crippen LogP contribution in [0.4, 0.5) is 0 Å². The van der Waals surface area contributed by atoms with Crippen molar-refractivity contribution in [2.45, 2.75) is 42.9 Å². The van der Waals surface area contributed by atoms with E-state index in [1.807, 2.05) is 79.7 Å². The van der Waals surface area contributed by atoms with Crippen molar-refractivity contribution in [3.63, 3.8) is 0 Å². The van der Waals surface area contributed by atoms with Crippen molar-refractivity contribution in [2.24, 2.45) is 5.92 Å². The van der Waals surface area contributed by atoms with Crippen LogP contribution >= 0.6 is 7.29 Å². The molecule has 1 aliphatic carbocycles. The third-order valence-corrected chi connectivity index (χ3v) is 11.0. The lowest BCUT2D eigenvalue weighted by atomic mass is 10.1. The van der Waals surface area contributed by atoms with Crippen LogP contribution in [0.5, 0.6) is 0 Å². The Kier molecular flexibility index (Phi) is 6.47. The van der Waals surface area contributed by atoms with E-state index in [4.69, 9.17) is 0 Å². The predicted octanol–water partition coefficient (Wildman–Crippen LogP) is 4.80. The molecule has 0 heterocycles. The second-order valence-corrected chi connectivity index (χ2v) is 12.8. The molecule has 1 atom stereocenters. The van der Waals surface area contributed by atoms with Gasteiger partial charge in [-0.05, 0) is 62.1 Å². The van der Waals surface area contributed by atoms with E-state index in [2.05, 4.69) is 5.09 Å². The molecule has 0 aliphatic heterocycles. The SMILES string of the molecule is Cc1ccc(S(=O)(=O)C(NP(=O)(c2ccccc2)c2ccccc2)C2CCCC2)cc1. The number of hydrogen-bond donors (Lipinski definition) is 1. The monoisotopic (exact) mass is 453 g/mol. The van der Waals surface area contributed by atoms with Gasteiger partial charge in [-0.2, -0.15) is 0 Å². The molecule has 6 heteroatoms. The van der Waals surface area contributed by atoms with Gasteiger partial charge < -0.3 is 0 Å². The van der Waals surface area contributed by atoms with Gasteiger partial charge in [0.05, 0.1) is 4.90 Å². The minimum atomic E-state index is -3.73. The molecular formula is C25H28NO3PS. The van der Waals surface area contributed by atoms with E-state index in [0.717, 1.165) is 31.2 Å². The van der Waals surface area contributed by atoms with Gasteiger partial charge in [0, 0.05) is 10.6 Å². The van der Waals surface area contributed by atoms with E-state index in [9.17, 15) is 13.0 Å². The fourth-order valence-corrected chi connectivity index (χ4v) is 9.25. The van der Waals surface area contributed by atoms with Crippen molar-refractivity contribution >= 4 is 27.7 Å². The van der Waals surface area contributed by atoms with Gasteiger partial charge in [-0.25, -0.2) is 13.5 Å². The number of rotatable bonds is 7. The van der Waals surface area contributed by atoms with Crippen LogP contribution in [-0.2, 0) is 14.4 Å². The zero-order valence-corrected chi connectivity index (χ0v) is 19.4. The molecule has 0 radical (unpaired) electrons. The largest absolute Gasteiger partial charge is 0.296 e. The highest BCUT2D eigenvalue weighted by molar-refractivity contribution is 7.92. The lowest BCUT2D eigenvalue weighted by Crippen LogP contribution is -2.44. The quantitative estimate of drug-likeness (QED) is 0.522. The smallest absolute Gasteiger partial charge is 0.205 e. The third-order valence-electron chi connectivity index (χ3n) is 6.06. The van der Waals surface area contributed by atoms with Crippen LogP contribution < -0.4 is 15.7 Å². The molecule has 0 bridgehead atoms. The molecule has 0 saturated heterocycles. The van der Waals surface area contributed by atoms with Crippen LogP contribution in [0, 0.1) is 12.8 Å². The first-order chi connectivity index (χ1) is 14.9. The zero-order chi connectivity index (χ0) is 21.9. The summed E-state index contributed by atoms with van der Waals surface area (Å²) in [4.78, 5) is 0.273. The normalized spacial score (nSPS) is 16.3. The van der Waals surface area contributed by atoms with Gasteiger partial charge in [-0.15, -0.1) is 0 Å². The minimum Gasteiger partial charge on any atom is -0.296 e. The van der Waals surface area contributed by atoms with Crippen molar-refractivity contribution < 1.29 is 13.0 Å². The second-order valence-electron chi connectivity index (χ2n) is 8.23. The summed E-state index contributed by atoms with van der Waals surface area (Å²) in [5.74, 6) is -0.0768.